The third kappa shape index (κ3) is 4.90. The van der Waals surface area contributed by atoms with E-state index in [0.717, 1.165) is 30.7 Å². The fraction of sp³-hybridized carbons (Fsp3) is 0.467. The number of methoxy groups -OCH3 is 1. The molecule has 0 aromatic heterocycles. The van der Waals surface area contributed by atoms with Gasteiger partial charge in [-0.3, -0.25) is 9.69 Å². The molecule has 1 rings (SSSR count). The van der Waals surface area contributed by atoms with E-state index >= 15 is 0 Å². The van der Waals surface area contributed by atoms with Crippen LogP contribution in [-0.2, 0) is 11.3 Å². The number of unbranched alkanes of at least 4 members (excludes halogenated alkanes) is 1. The van der Waals surface area contributed by atoms with Gasteiger partial charge in [-0.15, -0.1) is 0 Å². The molecule has 0 saturated heterocycles. The highest BCUT2D eigenvalue weighted by molar-refractivity contribution is 5.75. The number of carbonyl (C=O) groups excluding carboxylic acids is 1. The maximum Gasteiger partial charge on any atom is 0.231 e. The molecule has 108 valence electrons. The first-order chi connectivity index (χ1) is 9.60. The van der Waals surface area contributed by atoms with Crippen LogP contribution in [0.15, 0.2) is 18.2 Å². The Morgan fingerprint density at radius 3 is 2.80 bits per heavy atom. The van der Waals surface area contributed by atoms with Crippen LogP contribution in [0.25, 0.3) is 0 Å². The molecule has 1 amide bonds. The van der Waals surface area contributed by atoms with Gasteiger partial charge >= 0.3 is 0 Å². The molecule has 20 heavy (non-hydrogen) atoms. The second kappa shape index (κ2) is 8.18. The second-order valence-electron chi connectivity index (χ2n) is 4.67. The summed E-state index contributed by atoms with van der Waals surface area (Å²) in [5.74, 6) is 0.367. The van der Waals surface area contributed by atoms with Gasteiger partial charge in [0.15, 0.2) is 0 Å². The maximum atomic E-state index is 11.1. The predicted molar refractivity (Wildman–Crippen MR) is 77.1 cm³/mol. The Hall–Kier alpha value is -2.06. The van der Waals surface area contributed by atoms with Crippen LogP contribution in [0, 0.1) is 11.3 Å². The summed E-state index contributed by atoms with van der Waals surface area (Å²) in [6.45, 7) is 3.64. The van der Waals surface area contributed by atoms with Gasteiger partial charge in [-0.05, 0) is 31.2 Å². The first-order valence-corrected chi connectivity index (χ1v) is 6.68. The van der Waals surface area contributed by atoms with E-state index in [4.69, 9.17) is 15.7 Å². The van der Waals surface area contributed by atoms with Crippen LogP contribution in [-0.4, -0.2) is 31.0 Å². The lowest BCUT2D eigenvalue weighted by Gasteiger charge is -2.21. The number of rotatable bonds is 8. The fourth-order valence-corrected chi connectivity index (χ4v) is 2.03. The number of nitrogens with zero attached hydrogens (tertiary/aromatic N) is 2. The summed E-state index contributed by atoms with van der Waals surface area (Å²) >= 11 is 0. The number of primary amides is 1. The van der Waals surface area contributed by atoms with Crippen molar-refractivity contribution in [2.24, 2.45) is 5.73 Å². The van der Waals surface area contributed by atoms with Gasteiger partial charge in [0.05, 0.1) is 25.3 Å². The summed E-state index contributed by atoms with van der Waals surface area (Å²) in [6.07, 6.45) is 2.04. The summed E-state index contributed by atoms with van der Waals surface area (Å²) in [4.78, 5) is 13.1. The highest BCUT2D eigenvalue weighted by Gasteiger charge is 2.12. The van der Waals surface area contributed by atoms with E-state index in [1.165, 1.54) is 0 Å². The molecule has 0 radical (unpaired) electrons. The lowest BCUT2D eigenvalue weighted by Crippen LogP contribution is -2.34. The Bertz CT molecular complexity index is 494. The third-order valence-corrected chi connectivity index (χ3v) is 3.01. The van der Waals surface area contributed by atoms with Crippen molar-refractivity contribution in [3.05, 3.63) is 29.3 Å². The molecule has 0 bridgehead atoms. The Morgan fingerprint density at radius 2 is 2.25 bits per heavy atom. The van der Waals surface area contributed by atoms with Gasteiger partial charge in [0, 0.05) is 12.1 Å². The van der Waals surface area contributed by atoms with Gasteiger partial charge in [0.2, 0.25) is 5.91 Å². The van der Waals surface area contributed by atoms with Crippen molar-refractivity contribution in [3.8, 4) is 11.8 Å². The molecule has 0 unspecified atom stereocenters. The fourth-order valence-electron chi connectivity index (χ4n) is 2.03. The van der Waals surface area contributed by atoms with Crippen molar-refractivity contribution < 1.29 is 9.53 Å². The smallest absolute Gasteiger partial charge is 0.231 e. The highest BCUT2D eigenvalue weighted by atomic mass is 16.5. The molecule has 0 aliphatic rings. The van der Waals surface area contributed by atoms with Crippen LogP contribution in [0.1, 0.15) is 30.9 Å². The van der Waals surface area contributed by atoms with Gasteiger partial charge < -0.3 is 10.5 Å². The zero-order valence-corrected chi connectivity index (χ0v) is 12.1. The van der Waals surface area contributed by atoms with Gasteiger partial charge in [-0.1, -0.05) is 13.3 Å². The predicted octanol–water partition coefficient (Wildman–Crippen LogP) is 1.65. The number of amides is 1. The normalized spacial score (nSPS) is 10.3. The van der Waals surface area contributed by atoms with E-state index in [2.05, 4.69) is 13.0 Å². The van der Waals surface area contributed by atoms with Crippen molar-refractivity contribution in [2.45, 2.75) is 26.3 Å². The lowest BCUT2D eigenvalue weighted by molar-refractivity contribution is -0.119. The molecule has 5 nitrogen and oxygen atoms in total. The molecule has 0 saturated carbocycles. The number of hydrogen-bond donors (Lipinski definition) is 1. The van der Waals surface area contributed by atoms with E-state index in [0.29, 0.717) is 12.1 Å². The van der Waals surface area contributed by atoms with Crippen molar-refractivity contribution in [2.75, 3.05) is 20.2 Å². The van der Waals surface area contributed by atoms with Crippen molar-refractivity contribution in [1.82, 2.24) is 4.90 Å². The van der Waals surface area contributed by atoms with Crippen LogP contribution >= 0.6 is 0 Å². The molecule has 2 N–H and O–H groups in total. The third-order valence-electron chi connectivity index (χ3n) is 3.01. The summed E-state index contributed by atoms with van der Waals surface area (Å²) < 4.78 is 5.30. The molecule has 0 aliphatic heterocycles. The molecule has 5 heteroatoms. The van der Waals surface area contributed by atoms with Gasteiger partial charge in [0.1, 0.15) is 5.75 Å². The summed E-state index contributed by atoms with van der Waals surface area (Å²) in [5.41, 5.74) is 6.75. The molecular formula is C15H21N3O2. The van der Waals surface area contributed by atoms with Crippen LogP contribution in [0.3, 0.4) is 0 Å². The van der Waals surface area contributed by atoms with Crippen molar-refractivity contribution in [1.29, 1.82) is 5.26 Å². The van der Waals surface area contributed by atoms with E-state index in [9.17, 15) is 4.79 Å². The minimum Gasteiger partial charge on any atom is -0.496 e. The van der Waals surface area contributed by atoms with Gasteiger partial charge in [0.25, 0.3) is 0 Å². The number of benzene rings is 1. The number of nitriles is 1. The Kier molecular flexibility index (Phi) is 6.54. The zero-order valence-electron chi connectivity index (χ0n) is 12.1. The standard InChI is InChI=1S/C15H21N3O2/c1-3-4-7-18(11-15(17)19)10-13-8-12(9-16)5-6-14(13)20-2/h5-6,8H,3-4,7,10-11H2,1-2H3,(H2,17,19). The minimum atomic E-state index is -0.350. The maximum absolute atomic E-state index is 11.1. The summed E-state index contributed by atoms with van der Waals surface area (Å²) in [7, 11) is 1.59. The molecule has 0 fully saturated rings. The molecular weight excluding hydrogens is 254 g/mol. The Labute approximate surface area is 119 Å². The second-order valence-corrected chi connectivity index (χ2v) is 4.67. The topological polar surface area (TPSA) is 79.4 Å². The van der Waals surface area contributed by atoms with Gasteiger partial charge in [-0.25, -0.2) is 0 Å². The van der Waals surface area contributed by atoms with Crippen LogP contribution < -0.4 is 10.5 Å². The summed E-state index contributed by atoms with van der Waals surface area (Å²) in [6, 6.07) is 7.39. The monoisotopic (exact) mass is 275 g/mol. The van der Waals surface area contributed by atoms with Crippen LogP contribution in [0.5, 0.6) is 5.75 Å². The molecule has 0 spiro atoms. The number of ether oxygens (including phenoxy) is 1. The molecule has 1 aromatic carbocycles. The van der Waals surface area contributed by atoms with E-state index in [-0.39, 0.29) is 12.5 Å². The first-order valence-electron chi connectivity index (χ1n) is 6.68. The van der Waals surface area contributed by atoms with E-state index in [1.54, 1.807) is 25.3 Å². The lowest BCUT2D eigenvalue weighted by atomic mass is 10.1. The highest BCUT2D eigenvalue weighted by Crippen LogP contribution is 2.21. The zero-order chi connectivity index (χ0) is 15.0. The molecule has 0 atom stereocenters. The van der Waals surface area contributed by atoms with Crippen LogP contribution in [0.4, 0.5) is 0 Å². The molecule has 0 heterocycles. The van der Waals surface area contributed by atoms with E-state index in [1.807, 2.05) is 4.90 Å². The summed E-state index contributed by atoms with van der Waals surface area (Å²) in [5, 5.41) is 8.97. The van der Waals surface area contributed by atoms with Crippen LogP contribution in [0.2, 0.25) is 0 Å². The quantitative estimate of drug-likeness (QED) is 0.782. The SMILES string of the molecule is CCCCN(CC(N)=O)Cc1cc(C#N)ccc1OC. The van der Waals surface area contributed by atoms with Crippen molar-refractivity contribution >= 4 is 5.91 Å². The van der Waals surface area contributed by atoms with Crippen molar-refractivity contribution in [3.63, 3.8) is 0 Å². The number of hydrogen-bond acceptors (Lipinski definition) is 4. The molecule has 0 aliphatic carbocycles. The number of carbonyl (C=O) groups is 1. The minimum absolute atomic E-state index is 0.208. The molecule has 1 aromatic rings. The van der Waals surface area contributed by atoms with E-state index < -0.39 is 0 Å². The first kappa shape index (κ1) is 16.0. The number of nitrogens with two attached hydrogens (primary N) is 1. The van der Waals surface area contributed by atoms with Gasteiger partial charge in [-0.2, -0.15) is 5.26 Å². The largest absolute Gasteiger partial charge is 0.496 e. The average Bonchev–Trinajstić information content (AvgIpc) is 2.44. The Balaban J connectivity index is 2.90. The average molecular weight is 275 g/mol. The Morgan fingerprint density at radius 1 is 1.50 bits per heavy atom.